The molecule has 0 saturated carbocycles. The highest BCUT2D eigenvalue weighted by atomic mass is 32.2. The molecule has 1 N–H and O–H groups in total. The van der Waals surface area contributed by atoms with Gasteiger partial charge in [0.1, 0.15) is 11.3 Å². The third kappa shape index (κ3) is 5.19. The second-order valence-electron chi connectivity index (χ2n) is 7.21. The van der Waals surface area contributed by atoms with E-state index in [9.17, 15) is 4.79 Å². The Morgan fingerprint density at radius 3 is 2.45 bits per heavy atom. The Morgan fingerprint density at radius 2 is 1.74 bits per heavy atom. The molecule has 0 aliphatic carbocycles. The van der Waals surface area contributed by atoms with Gasteiger partial charge in [0.2, 0.25) is 0 Å². The zero-order chi connectivity index (χ0) is 21.8. The molecule has 2 aromatic heterocycles. The monoisotopic (exact) mass is 430 g/mol. The van der Waals surface area contributed by atoms with Gasteiger partial charge in [-0.15, -0.1) is 0 Å². The molecule has 1 amide bonds. The van der Waals surface area contributed by atoms with Crippen LogP contribution >= 0.6 is 11.8 Å². The number of benzene rings is 2. The largest absolute Gasteiger partial charge is 0.455 e. The van der Waals surface area contributed by atoms with E-state index < -0.39 is 0 Å². The molecule has 0 aliphatic heterocycles. The van der Waals surface area contributed by atoms with E-state index in [-0.39, 0.29) is 5.91 Å². The van der Waals surface area contributed by atoms with Crippen LogP contribution in [0.25, 0.3) is 11.0 Å². The number of carbonyl (C=O) groups excluding carboxylic acids is 1. The summed E-state index contributed by atoms with van der Waals surface area (Å²) in [4.78, 5) is 21.3. The lowest BCUT2D eigenvalue weighted by Crippen LogP contribution is -2.19. The summed E-state index contributed by atoms with van der Waals surface area (Å²) in [7, 11) is 0. The van der Waals surface area contributed by atoms with E-state index in [0.717, 1.165) is 38.8 Å². The van der Waals surface area contributed by atoms with Crippen LogP contribution in [0.15, 0.2) is 75.3 Å². The van der Waals surface area contributed by atoms with Gasteiger partial charge in [-0.1, -0.05) is 42.1 Å². The van der Waals surface area contributed by atoms with Crippen molar-refractivity contribution in [1.82, 2.24) is 15.4 Å². The molecule has 2 heterocycles. The number of rotatable bonds is 6. The van der Waals surface area contributed by atoms with E-state index in [1.54, 1.807) is 30.8 Å². The summed E-state index contributed by atoms with van der Waals surface area (Å²) in [6.45, 7) is 5.72. The van der Waals surface area contributed by atoms with Gasteiger partial charge in [-0.2, -0.15) is 5.10 Å². The molecule has 0 unspecified atom stereocenters. The van der Waals surface area contributed by atoms with Crippen LogP contribution in [-0.4, -0.2) is 21.6 Å². The highest BCUT2D eigenvalue weighted by Gasteiger charge is 2.09. The van der Waals surface area contributed by atoms with Crippen molar-refractivity contribution in [2.24, 2.45) is 5.10 Å². The Morgan fingerprint density at radius 1 is 1.03 bits per heavy atom. The standard InChI is InChI=1S/C24H22N4O2S/c1-15-12-16(2)26-24(25-15)31-14-18-8-10-19(11-9-18)23(29)28-27-17(3)22-13-20-6-4-5-7-21(20)30-22/h4-13H,14H2,1-3H3,(H,28,29)/b27-17+. The van der Waals surface area contributed by atoms with E-state index in [2.05, 4.69) is 20.5 Å². The van der Waals surface area contributed by atoms with Crippen LogP contribution in [0, 0.1) is 13.8 Å². The van der Waals surface area contributed by atoms with Crippen molar-refractivity contribution in [3.63, 3.8) is 0 Å². The fraction of sp³-hybridized carbons (Fsp3) is 0.167. The van der Waals surface area contributed by atoms with Gasteiger partial charge in [-0.25, -0.2) is 15.4 Å². The number of carbonyl (C=O) groups is 1. The molecule has 0 atom stereocenters. The minimum absolute atomic E-state index is 0.271. The van der Waals surface area contributed by atoms with Crippen molar-refractivity contribution in [1.29, 1.82) is 0 Å². The summed E-state index contributed by atoms with van der Waals surface area (Å²) in [6, 6.07) is 19.0. The van der Waals surface area contributed by atoms with Gasteiger partial charge in [-0.05, 0) is 56.7 Å². The minimum Gasteiger partial charge on any atom is -0.455 e. The van der Waals surface area contributed by atoms with Gasteiger partial charge < -0.3 is 4.42 Å². The molecule has 4 aromatic rings. The Hall–Kier alpha value is -3.45. The van der Waals surface area contributed by atoms with Crippen LogP contribution in [0.4, 0.5) is 0 Å². The first-order valence-corrected chi connectivity index (χ1v) is 10.8. The summed E-state index contributed by atoms with van der Waals surface area (Å²) in [5.74, 6) is 1.09. The normalized spacial score (nSPS) is 11.6. The molecule has 6 nitrogen and oxygen atoms in total. The molecule has 0 saturated heterocycles. The zero-order valence-corrected chi connectivity index (χ0v) is 18.4. The predicted octanol–water partition coefficient (Wildman–Crippen LogP) is 5.29. The summed E-state index contributed by atoms with van der Waals surface area (Å²) in [6.07, 6.45) is 0. The average molecular weight is 431 g/mol. The van der Waals surface area contributed by atoms with Gasteiger partial charge in [0.15, 0.2) is 10.9 Å². The molecule has 2 aromatic carbocycles. The minimum atomic E-state index is -0.271. The molecule has 0 spiro atoms. The van der Waals surface area contributed by atoms with Crippen molar-refractivity contribution >= 4 is 34.3 Å². The van der Waals surface area contributed by atoms with E-state index in [1.807, 2.05) is 62.4 Å². The topological polar surface area (TPSA) is 80.4 Å². The lowest BCUT2D eigenvalue weighted by Gasteiger charge is -2.05. The summed E-state index contributed by atoms with van der Waals surface area (Å²) >= 11 is 1.57. The van der Waals surface area contributed by atoms with Gasteiger partial charge in [-0.3, -0.25) is 4.79 Å². The van der Waals surface area contributed by atoms with Crippen LogP contribution in [0.1, 0.15) is 40.0 Å². The predicted molar refractivity (Wildman–Crippen MR) is 123 cm³/mol. The molecule has 0 bridgehead atoms. The van der Waals surface area contributed by atoms with Gasteiger partial charge in [0, 0.05) is 28.1 Å². The summed E-state index contributed by atoms with van der Waals surface area (Å²) < 4.78 is 5.77. The molecule has 31 heavy (non-hydrogen) atoms. The first kappa shape index (κ1) is 20.8. The number of nitrogens with one attached hydrogen (secondary N) is 1. The second kappa shape index (κ2) is 9.14. The number of fused-ring (bicyclic) bond motifs is 1. The number of aromatic nitrogens is 2. The van der Waals surface area contributed by atoms with Gasteiger partial charge >= 0.3 is 0 Å². The summed E-state index contributed by atoms with van der Waals surface area (Å²) in [5, 5.41) is 5.94. The van der Waals surface area contributed by atoms with Crippen molar-refractivity contribution in [3.05, 3.63) is 88.9 Å². The molecule has 7 heteroatoms. The van der Waals surface area contributed by atoms with E-state index in [1.165, 1.54) is 0 Å². The van der Waals surface area contributed by atoms with Crippen LogP contribution in [0.5, 0.6) is 0 Å². The van der Waals surface area contributed by atoms with Gasteiger partial charge in [0.05, 0.1) is 0 Å². The number of para-hydroxylation sites is 1. The Kier molecular flexibility index (Phi) is 6.13. The number of hydrazone groups is 1. The number of hydrogen-bond acceptors (Lipinski definition) is 6. The zero-order valence-electron chi connectivity index (χ0n) is 17.5. The number of furan rings is 1. The fourth-order valence-corrected chi connectivity index (χ4v) is 3.98. The summed E-state index contributed by atoms with van der Waals surface area (Å²) in [5.41, 5.74) is 7.53. The maximum absolute atomic E-state index is 12.4. The second-order valence-corrected chi connectivity index (χ2v) is 8.15. The number of hydrogen-bond donors (Lipinski definition) is 1. The Bertz CT molecular complexity index is 1210. The van der Waals surface area contributed by atoms with Crippen LogP contribution in [-0.2, 0) is 5.75 Å². The van der Waals surface area contributed by atoms with E-state index in [0.29, 0.717) is 17.0 Å². The van der Waals surface area contributed by atoms with E-state index >= 15 is 0 Å². The molecular formula is C24H22N4O2S. The lowest BCUT2D eigenvalue weighted by atomic mass is 10.1. The molecule has 0 aliphatic rings. The Labute approximate surface area is 184 Å². The number of nitrogens with zero attached hydrogens (tertiary/aromatic N) is 3. The number of amides is 1. The maximum Gasteiger partial charge on any atom is 0.271 e. The molecule has 156 valence electrons. The van der Waals surface area contributed by atoms with Gasteiger partial charge in [0.25, 0.3) is 5.91 Å². The van der Waals surface area contributed by atoms with Crippen LogP contribution in [0.2, 0.25) is 0 Å². The molecule has 0 fully saturated rings. The SMILES string of the molecule is C/C(=N\NC(=O)c1ccc(CSc2nc(C)cc(C)n2)cc1)c1cc2ccccc2o1. The third-order valence-electron chi connectivity index (χ3n) is 4.65. The molecule has 4 rings (SSSR count). The Balaban J connectivity index is 1.36. The highest BCUT2D eigenvalue weighted by Crippen LogP contribution is 2.21. The quantitative estimate of drug-likeness (QED) is 0.195. The van der Waals surface area contributed by atoms with Crippen molar-refractivity contribution in [3.8, 4) is 0 Å². The first-order valence-electron chi connectivity index (χ1n) is 9.85. The smallest absolute Gasteiger partial charge is 0.271 e. The number of thioether (sulfide) groups is 1. The van der Waals surface area contributed by atoms with Crippen LogP contribution < -0.4 is 5.43 Å². The third-order valence-corrected chi connectivity index (χ3v) is 5.57. The number of aryl methyl sites for hydroxylation is 2. The highest BCUT2D eigenvalue weighted by molar-refractivity contribution is 7.98. The van der Waals surface area contributed by atoms with Crippen molar-refractivity contribution in [2.45, 2.75) is 31.7 Å². The maximum atomic E-state index is 12.4. The fourth-order valence-electron chi connectivity index (χ4n) is 3.07. The van der Waals surface area contributed by atoms with Crippen molar-refractivity contribution < 1.29 is 9.21 Å². The average Bonchev–Trinajstić information content (AvgIpc) is 3.20. The molecule has 0 radical (unpaired) electrons. The lowest BCUT2D eigenvalue weighted by molar-refractivity contribution is 0.0955. The first-order chi connectivity index (χ1) is 15.0. The van der Waals surface area contributed by atoms with Crippen LogP contribution in [0.3, 0.4) is 0 Å². The van der Waals surface area contributed by atoms with E-state index in [4.69, 9.17) is 4.42 Å². The van der Waals surface area contributed by atoms with Crippen molar-refractivity contribution in [2.75, 3.05) is 0 Å². The molecular weight excluding hydrogens is 408 g/mol.